The monoisotopic (exact) mass is 287 g/mol. The van der Waals surface area contributed by atoms with E-state index in [4.69, 9.17) is 5.11 Å². The molecule has 0 aliphatic carbocycles. The van der Waals surface area contributed by atoms with Crippen molar-refractivity contribution in [3.8, 4) is 0 Å². The maximum absolute atomic E-state index is 11.7. The van der Waals surface area contributed by atoms with Crippen molar-refractivity contribution in [1.82, 2.24) is 14.0 Å². The lowest BCUT2D eigenvalue weighted by Gasteiger charge is -2.16. The van der Waals surface area contributed by atoms with Crippen molar-refractivity contribution in [2.75, 3.05) is 20.1 Å². The Kier molecular flexibility index (Phi) is 5.87. The lowest BCUT2D eigenvalue weighted by molar-refractivity contribution is -0.137. The van der Waals surface area contributed by atoms with Crippen LogP contribution in [0.2, 0.25) is 0 Å². The van der Waals surface area contributed by atoms with Gasteiger partial charge >= 0.3 is 5.97 Å². The summed E-state index contributed by atoms with van der Waals surface area (Å²) in [6, 6.07) is 3.64. The Labute approximate surface area is 112 Å². The zero-order valence-corrected chi connectivity index (χ0v) is 11.4. The fourth-order valence-electron chi connectivity index (χ4n) is 1.35. The summed E-state index contributed by atoms with van der Waals surface area (Å²) < 4.78 is 26.9. The van der Waals surface area contributed by atoms with Crippen molar-refractivity contribution in [2.45, 2.75) is 12.8 Å². The molecule has 0 aromatic carbocycles. The van der Waals surface area contributed by atoms with E-state index in [9.17, 15) is 13.2 Å². The molecule has 106 valence electrons. The van der Waals surface area contributed by atoms with Gasteiger partial charge in [0.15, 0.2) is 0 Å². The number of pyridine rings is 1. The van der Waals surface area contributed by atoms with Gasteiger partial charge in [-0.1, -0.05) is 6.07 Å². The minimum Gasteiger partial charge on any atom is -0.481 e. The number of nitrogens with zero attached hydrogens (tertiary/aromatic N) is 2. The van der Waals surface area contributed by atoms with Gasteiger partial charge in [-0.05, 0) is 18.1 Å². The first-order chi connectivity index (χ1) is 8.92. The molecule has 0 saturated heterocycles. The van der Waals surface area contributed by atoms with Crippen LogP contribution in [0.5, 0.6) is 0 Å². The molecule has 1 rings (SSSR count). The van der Waals surface area contributed by atoms with E-state index in [1.165, 1.54) is 7.05 Å². The fraction of sp³-hybridized carbons (Fsp3) is 0.455. The first-order valence-electron chi connectivity index (χ1n) is 5.73. The van der Waals surface area contributed by atoms with E-state index in [0.29, 0.717) is 6.42 Å². The lowest BCUT2D eigenvalue weighted by atomic mass is 10.2. The number of aliphatic carboxylic acids is 1. The molecular formula is C11H17N3O4S. The predicted octanol–water partition coefficient (Wildman–Crippen LogP) is -0.135. The van der Waals surface area contributed by atoms with E-state index < -0.39 is 16.2 Å². The zero-order chi connectivity index (χ0) is 14.3. The Hall–Kier alpha value is -1.51. The average Bonchev–Trinajstić information content (AvgIpc) is 2.36. The van der Waals surface area contributed by atoms with Crippen molar-refractivity contribution in [1.29, 1.82) is 0 Å². The van der Waals surface area contributed by atoms with Crippen molar-refractivity contribution in [2.24, 2.45) is 0 Å². The summed E-state index contributed by atoms with van der Waals surface area (Å²) in [5.41, 5.74) is 0.929. The minimum absolute atomic E-state index is 0.0580. The van der Waals surface area contributed by atoms with Gasteiger partial charge in [-0.2, -0.15) is 12.7 Å². The summed E-state index contributed by atoms with van der Waals surface area (Å²) in [5, 5.41) is 8.50. The third kappa shape index (κ3) is 5.77. The summed E-state index contributed by atoms with van der Waals surface area (Å²) in [7, 11) is -2.28. The van der Waals surface area contributed by atoms with E-state index in [0.717, 1.165) is 9.87 Å². The van der Waals surface area contributed by atoms with Crippen LogP contribution in [0, 0.1) is 0 Å². The predicted molar refractivity (Wildman–Crippen MR) is 69.7 cm³/mol. The third-order valence-electron chi connectivity index (χ3n) is 2.47. The Morgan fingerprint density at radius 1 is 1.53 bits per heavy atom. The van der Waals surface area contributed by atoms with Gasteiger partial charge in [-0.3, -0.25) is 9.78 Å². The van der Waals surface area contributed by atoms with Gasteiger partial charge in [-0.25, -0.2) is 4.72 Å². The van der Waals surface area contributed by atoms with Crippen LogP contribution in [-0.2, 0) is 21.4 Å². The van der Waals surface area contributed by atoms with Gasteiger partial charge in [0.1, 0.15) is 0 Å². The lowest BCUT2D eigenvalue weighted by Crippen LogP contribution is -2.40. The summed E-state index contributed by atoms with van der Waals surface area (Å²) in [6.07, 6.45) is 3.62. The topological polar surface area (TPSA) is 99.6 Å². The molecule has 1 aromatic rings. The molecule has 8 heteroatoms. The second kappa shape index (κ2) is 7.17. The molecule has 0 aliphatic rings. The minimum atomic E-state index is -3.63. The van der Waals surface area contributed by atoms with Crippen molar-refractivity contribution in [3.05, 3.63) is 30.1 Å². The van der Waals surface area contributed by atoms with Crippen molar-refractivity contribution >= 4 is 16.2 Å². The highest BCUT2D eigenvalue weighted by atomic mass is 32.2. The van der Waals surface area contributed by atoms with Gasteiger partial charge in [0.25, 0.3) is 10.2 Å². The van der Waals surface area contributed by atoms with Gasteiger partial charge in [-0.15, -0.1) is 0 Å². The highest BCUT2D eigenvalue weighted by Gasteiger charge is 2.17. The highest BCUT2D eigenvalue weighted by Crippen LogP contribution is 1.99. The number of aromatic nitrogens is 1. The van der Waals surface area contributed by atoms with Crippen molar-refractivity contribution < 1.29 is 18.3 Å². The van der Waals surface area contributed by atoms with E-state index >= 15 is 0 Å². The van der Waals surface area contributed by atoms with E-state index in [-0.39, 0.29) is 19.5 Å². The molecule has 0 saturated carbocycles. The van der Waals surface area contributed by atoms with Crippen LogP contribution < -0.4 is 4.72 Å². The number of carbonyl (C=O) groups is 1. The molecule has 0 aliphatic heterocycles. The molecule has 0 radical (unpaired) electrons. The quantitative estimate of drug-likeness (QED) is 0.693. The molecule has 0 atom stereocenters. The molecule has 19 heavy (non-hydrogen) atoms. The highest BCUT2D eigenvalue weighted by molar-refractivity contribution is 7.87. The van der Waals surface area contributed by atoms with E-state index in [2.05, 4.69) is 9.71 Å². The Morgan fingerprint density at radius 3 is 2.84 bits per heavy atom. The maximum Gasteiger partial charge on any atom is 0.304 e. The number of carboxylic acids is 1. The average molecular weight is 287 g/mol. The molecule has 1 aromatic heterocycles. The third-order valence-corrected chi connectivity index (χ3v) is 4.04. The molecular weight excluding hydrogens is 270 g/mol. The first kappa shape index (κ1) is 15.5. The molecule has 1 heterocycles. The van der Waals surface area contributed by atoms with Crippen LogP contribution in [0.25, 0.3) is 0 Å². The number of nitrogens with one attached hydrogen (secondary N) is 1. The second-order valence-corrected chi connectivity index (χ2v) is 5.84. The van der Waals surface area contributed by atoms with E-state index in [1.807, 2.05) is 6.07 Å². The largest absolute Gasteiger partial charge is 0.481 e. The summed E-state index contributed by atoms with van der Waals surface area (Å²) in [4.78, 5) is 14.3. The standard InChI is InChI=1S/C11H17N3O4S/c1-14(8-5-11(15)16)19(17,18)13-7-4-10-3-2-6-12-9-10/h2-3,6,9,13H,4-5,7-8H2,1H3,(H,15,16). The number of hydrogen-bond donors (Lipinski definition) is 2. The molecule has 0 spiro atoms. The van der Waals surface area contributed by atoms with Crippen LogP contribution in [-0.4, -0.2) is 48.9 Å². The zero-order valence-electron chi connectivity index (χ0n) is 10.6. The molecule has 0 bridgehead atoms. The van der Waals surface area contributed by atoms with Crippen LogP contribution in [0.15, 0.2) is 24.5 Å². The smallest absolute Gasteiger partial charge is 0.304 e. The normalized spacial score (nSPS) is 11.7. The molecule has 0 fully saturated rings. The van der Waals surface area contributed by atoms with Gasteiger partial charge in [0.05, 0.1) is 6.42 Å². The maximum atomic E-state index is 11.7. The van der Waals surface area contributed by atoms with Crippen molar-refractivity contribution in [3.63, 3.8) is 0 Å². The van der Waals surface area contributed by atoms with Crippen LogP contribution in [0.1, 0.15) is 12.0 Å². The van der Waals surface area contributed by atoms with E-state index in [1.54, 1.807) is 18.5 Å². The SMILES string of the molecule is CN(CCC(=O)O)S(=O)(=O)NCCc1cccnc1. The second-order valence-electron chi connectivity index (χ2n) is 3.98. The molecule has 2 N–H and O–H groups in total. The molecule has 0 amide bonds. The number of rotatable bonds is 8. The van der Waals surface area contributed by atoms with Gasteiger partial charge in [0, 0.05) is 32.5 Å². The first-order valence-corrected chi connectivity index (χ1v) is 7.17. The Bertz CT molecular complexity index is 504. The molecule has 0 unspecified atom stereocenters. The van der Waals surface area contributed by atoms with Crippen LogP contribution in [0.3, 0.4) is 0 Å². The van der Waals surface area contributed by atoms with Crippen LogP contribution >= 0.6 is 0 Å². The Morgan fingerprint density at radius 2 is 2.26 bits per heavy atom. The summed E-state index contributed by atoms with van der Waals surface area (Å²) >= 11 is 0. The number of carboxylic acid groups (broad SMARTS) is 1. The van der Waals surface area contributed by atoms with Crippen LogP contribution in [0.4, 0.5) is 0 Å². The van der Waals surface area contributed by atoms with Gasteiger partial charge in [0.2, 0.25) is 0 Å². The van der Waals surface area contributed by atoms with Gasteiger partial charge < -0.3 is 5.11 Å². The molecule has 7 nitrogen and oxygen atoms in total. The number of hydrogen-bond acceptors (Lipinski definition) is 4. The summed E-state index contributed by atoms with van der Waals surface area (Å²) in [6.45, 7) is 0.184. The fourth-order valence-corrected chi connectivity index (χ4v) is 2.27. The summed E-state index contributed by atoms with van der Waals surface area (Å²) in [5.74, 6) is -1.03. The Balaban J connectivity index is 2.40.